The first-order chi connectivity index (χ1) is 39.8. The number of hydrogen-bond acceptors (Lipinski definition) is 18. The van der Waals surface area contributed by atoms with E-state index >= 15 is 0 Å². The van der Waals surface area contributed by atoms with Crippen LogP contribution < -0.4 is 92.5 Å². The number of hydrogen-bond donors (Lipinski definition) is 19. The van der Waals surface area contributed by atoms with Crippen molar-refractivity contribution in [1.82, 2.24) is 58.5 Å². The molecule has 1 aliphatic heterocycles. The van der Waals surface area contributed by atoms with Crippen LogP contribution in [0.25, 0.3) is 0 Å². The molecule has 31 heteroatoms. The number of urea groups is 1. The average Bonchev–Trinajstić information content (AvgIpc) is 3.50. The number of rotatable bonds is 23. The van der Waals surface area contributed by atoms with E-state index in [4.69, 9.17) is 40.3 Å². The summed E-state index contributed by atoms with van der Waals surface area (Å²) in [4.78, 5) is 153. The van der Waals surface area contributed by atoms with E-state index in [1.54, 1.807) is 44.2 Å². The van der Waals surface area contributed by atoms with E-state index in [1.165, 1.54) is 31.2 Å². The Labute approximate surface area is 491 Å². The van der Waals surface area contributed by atoms with Crippen molar-refractivity contribution in [2.75, 3.05) is 44.6 Å². The molecule has 0 unspecified atom stereocenters. The number of nitrogens with two attached hydrogens (primary N) is 5. The van der Waals surface area contributed by atoms with Gasteiger partial charge in [0.1, 0.15) is 54.4 Å². The minimum absolute atomic E-state index is 0.102. The van der Waals surface area contributed by atoms with Gasteiger partial charge in [-0.3, -0.25) is 47.9 Å². The molecule has 1 aliphatic rings. The first kappa shape index (κ1) is 70.7. The predicted octanol–water partition coefficient (Wildman–Crippen LogP) is -5.53. The van der Waals surface area contributed by atoms with Gasteiger partial charge in [-0.05, 0) is 121 Å². The first-order valence-corrected chi connectivity index (χ1v) is 28.0. The molecule has 1 fully saturated rings. The Morgan fingerprint density at radius 1 is 0.643 bits per heavy atom. The van der Waals surface area contributed by atoms with Gasteiger partial charge in [-0.25, -0.2) is 4.79 Å². The summed E-state index contributed by atoms with van der Waals surface area (Å²) in [5.74, 6) is -10.6. The van der Waals surface area contributed by atoms with Gasteiger partial charge in [0.2, 0.25) is 58.9 Å². The Morgan fingerprint density at radius 2 is 1.15 bits per heavy atom. The van der Waals surface area contributed by atoms with E-state index in [1.807, 2.05) is 0 Å². The Morgan fingerprint density at radius 3 is 1.69 bits per heavy atom. The molecule has 12 amide bonds. The van der Waals surface area contributed by atoms with Gasteiger partial charge in [-0.2, -0.15) is 0 Å². The lowest BCUT2D eigenvalue weighted by Gasteiger charge is -2.30. The molecule has 0 aromatic heterocycles. The Kier molecular flexibility index (Phi) is 29.9. The maximum Gasteiger partial charge on any atom is 0.319 e. The first-order valence-electron chi connectivity index (χ1n) is 27.6. The molecule has 1 heterocycles. The molecule has 3 rings (SSSR count). The van der Waals surface area contributed by atoms with Gasteiger partial charge in [0, 0.05) is 23.7 Å². The summed E-state index contributed by atoms with van der Waals surface area (Å²) in [6.07, 6.45) is -2.99. The Balaban J connectivity index is 2.06. The van der Waals surface area contributed by atoms with Crippen molar-refractivity contribution in [2.24, 2.45) is 34.6 Å². The van der Waals surface area contributed by atoms with Crippen molar-refractivity contribution in [3.8, 4) is 0 Å². The largest absolute Gasteiger partial charge is 0.391 e. The third-order valence-corrected chi connectivity index (χ3v) is 13.7. The molecule has 0 saturated carbocycles. The van der Waals surface area contributed by atoms with Gasteiger partial charge in [0.15, 0.2) is 0 Å². The van der Waals surface area contributed by atoms with Gasteiger partial charge in [-0.1, -0.05) is 62.2 Å². The van der Waals surface area contributed by atoms with Crippen molar-refractivity contribution in [1.29, 1.82) is 0 Å². The number of anilines is 1. The number of carbonyl (C=O) groups excluding carboxylic acids is 11. The summed E-state index contributed by atoms with van der Waals surface area (Å²) >= 11 is 5.93. The molecule has 0 bridgehead atoms. The molecule has 0 radical (unpaired) electrons. The number of aliphatic hydroxyl groups excluding tert-OH is 1. The Hall–Kier alpha value is -7.58. The van der Waals surface area contributed by atoms with Crippen molar-refractivity contribution >= 4 is 82.4 Å². The number of amides is 12. The van der Waals surface area contributed by atoms with Crippen molar-refractivity contribution in [3.63, 3.8) is 0 Å². The minimum atomic E-state index is -2.71. The lowest BCUT2D eigenvalue weighted by Crippen LogP contribution is -2.63. The molecule has 84 heavy (non-hydrogen) atoms. The molecule has 30 nitrogen and oxygen atoms in total. The summed E-state index contributed by atoms with van der Waals surface area (Å²) in [5, 5.41) is 52.2. The molecule has 2 aromatic rings. The van der Waals surface area contributed by atoms with Crippen molar-refractivity contribution in [2.45, 2.75) is 145 Å². The third kappa shape index (κ3) is 22.9. The lowest BCUT2D eigenvalue weighted by atomic mass is 9.96. The molecule has 466 valence electrons. The van der Waals surface area contributed by atoms with E-state index in [9.17, 15) is 63.0 Å². The summed E-state index contributed by atoms with van der Waals surface area (Å²) in [5.41, 5.74) is 27.4. The number of benzene rings is 2. The van der Waals surface area contributed by atoms with Gasteiger partial charge in [-0.15, -0.1) is 0 Å². The zero-order valence-corrected chi connectivity index (χ0v) is 48.4. The highest BCUT2D eigenvalue weighted by Crippen LogP contribution is 2.15. The van der Waals surface area contributed by atoms with Crippen molar-refractivity contribution in [3.05, 3.63) is 65.2 Å². The second-order valence-corrected chi connectivity index (χ2v) is 20.7. The maximum absolute atomic E-state index is 14.5. The van der Waals surface area contributed by atoms with Gasteiger partial charge in [0.05, 0.1) is 6.10 Å². The number of carbonyl (C=O) groups is 11. The molecule has 2 aromatic carbocycles. The highest BCUT2D eigenvalue weighted by Gasteiger charge is 2.39. The molecule has 0 spiro atoms. The van der Waals surface area contributed by atoms with Crippen LogP contribution in [0.3, 0.4) is 0 Å². The average molecular weight is 1200 g/mol. The molecule has 1 saturated heterocycles. The van der Waals surface area contributed by atoms with Crippen LogP contribution in [0, 0.1) is 5.92 Å². The van der Waals surface area contributed by atoms with Crippen LogP contribution >= 0.6 is 11.6 Å². The second kappa shape index (κ2) is 35.5. The zero-order chi connectivity index (χ0) is 62.7. The van der Waals surface area contributed by atoms with Crippen molar-refractivity contribution < 1.29 is 63.0 Å². The van der Waals surface area contributed by atoms with Crippen LogP contribution in [0.2, 0.25) is 5.02 Å². The summed E-state index contributed by atoms with van der Waals surface area (Å²) in [6, 6.07) is 0.170. The van der Waals surface area contributed by atoms with Crippen LogP contribution in [-0.2, 0) is 54.4 Å². The van der Waals surface area contributed by atoms with Crippen LogP contribution in [0.15, 0.2) is 54.6 Å². The fraction of sp³-hybridized carbons (Fsp3) is 0.566. The quantitative estimate of drug-likeness (QED) is 0.0493. The van der Waals surface area contributed by atoms with Gasteiger partial charge in [0.25, 0.3) is 5.91 Å². The third-order valence-electron chi connectivity index (χ3n) is 13.5. The van der Waals surface area contributed by atoms with E-state index in [0.717, 1.165) is 6.92 Å². The maximum atomic E-state index is 14.5. The summed E-state index contributed by atoms with van der Waals surface area (Å²) in [7, 11) is 0. The van der Waals surface area contributed by atoms with E-state index in [-0.39, 0.29) is 71.2 Å². The number of halogens is 1. The van der Waals surface area contributed by atoms with Crippen LogP contribution in [-0.4, -0.2) is 181 Å². The van der Waals surface area contributed by atoms with E-state index < -0.39 is 150 Å². The summed E-state index contributed by atoms with van der Waals surface area (Å²) in [6.45, 7) is 4.07. The molecule has 24 N–H and O–H groups in total. The number of nitrogens with one attached hydrogen (secondary N) is 12. The topological polar surface area (TPSA) is 503 Å². The van der Waals surface area contributed by atoms with Gasteiger partial charge >= 0.3 is 6.03 Å². The normalized spacial score (nSPS) is 23.4. The number of aliphatic hydroxyl groups is 2. The highest BCUT2D eigenvalue weighted by atomic mass is 35.5. The smallest absolute Gasteiger partial charge is 0.319 e. The zero-order valence-electron chi connectivity index (χ0n) is 47.6. The fourth-order valence-corrected chi connectivity index (χ4v) is 8.60. The van der Waals surface area contributed by atoms with Gasteiger partial charge < -0.3 is 103 Å². The second-order valence-electron chi connectivity index (χ2n) is 20.3. The highest BCUT2D eigenvalue weighted by molar-refractivity contribution is 6.30. The monoisotopic (exact) mass is 1200 g/mol. The SMILES string of the molecule is CC[C@H](C)[C@@H]1NC(=O)[C@@H](Cc2ccccc2)NC(=O)[C@H](CCN)NC(=O)[C@@H](NC(=O)[C@H](CCN)NC(=O)[C@@H](NC(=O)[C@H](CCN)NC(=O)Nc2ccc(Cl)cc2)[C@@H](C)O)CCNC(=O)[C@](C)(O)NC(=O)[C@H](CCN)NC(=O)[C@H](CCN)NC1=O. The Bertz CT molecular complexity index is 2550. The molecule has 12 atom stereocenters. The summed E-state index contributed by atoms with van der Waals surface area (Å²) < 4.78 is 0. The van der Waals surface area contributed by atoms with E-state index in [2.05, 4.69) is 63.8 Å². The van der Waals surface area contributed by atoms with Crippen LogP contribution in [0.5, 0.6) is 0 Å². The molecular formula is C53H84ClN17O13. The molecule has 0 aliphatic carbocycles. The fourth-order valence-electron chi connectivity index (χ4n) is 8.48. The minimum Gasteiger partial charge on any atom is -0.391 e. The predicted molar refractivity (Wildman–Crippen MR) is 309 cm³/mol. The van der Waals surface area contributed by atoms with Crippen LogP contribution in [0.1, 0.15) is 78.2 Å². The van der Waals surface area contributed by atoms with Crippen LogP contribution in [0.4, 0.5) is 10.5 Å². The molecular weight excluding hydrogens is 1120 g/mol. The van der Waals surface area contributed by atoms with E-state index in [0.29, 0.717) is 22.7 Å². The lowest BCUT2D eigenvalue weighted by molar-refractivity contribution is -0.148. The standard InChI is InChI=1S/C53H84ClN17O13/c1-5-28(2)40-49(80)65-34(16-22-56)42(73)63-37(19-25-59)48(79)71-53(4,84)51(82)60-26-20-38(45(76)62-33(15-21-55)44(75)67-39(47(78)69-40)27-30-9-7-6-8-10-30)64-43(74)35(17-23-57)66-50(81)41(29(3)72)70-46(77)36(18-24-58)68-52(83)61-32-13-11-31(54)12-14-32/h6-14,28-29,33-41,72,84H,5,15-27,55-59H2,1-4H3,(H,60,82)(H,62,76)(H,63,73)(H,64,74)(H,65,80)(H,66,81)(H,67,75)(H,69,78)(H,70,77)(H,71,79)(H2,61,68,83)/t28-,29+,33-,34-,35-,36-,37-,38-,39+,40-,41-,53-/m0/s1.